The molecule has 2 rings (SSSR count). The van der Waals surface area contributed by atoms with Crippen molar-refractivity contribution in [3.05, 3.63) is 53.6 Å². The Kier molecular flexibility index (Phi) is 7.85. The zero-order valence-electron chi connectivity index (χ0n) is 16.7. The van der Waals surface area contributed by atoms with E-state index in [1.54, 1.807) is 24.3 Å². The van der Waals surface area contributed by atoms with Crippen LogP contribution in [-0.2, 0) is 16.6 Å². The minimum absolute atomic E-state index is 0.270. The molecule has 0 radical (unpaired) electrons. The van der Waals surface area contributed by atoms with Crippen LogP contribution in [-0.4, -0.2) is 32.4 Å². The molecule has 0 atom stereocenters. The Morgan fingerprint density at radius 2 is 1.75 bits per heavy atom. The highest BCUT2D eigenvalue weighted by Crippen LogP contribution is 2.28. The van der Waals surface area contributed by atoms with Crippen molar-refractivity contribution >= 4 is 21.4 Å². The summed E-state index contributed by atoms with van der Waals surface area (Å²) >= 11 is 0. The molecule has 0 fully saturated rings. The standard InChI is InChI=1S/C21H28N4O2S/c1-4-12-23-20-11-10-19(28(26,27)25(5-2)6-3)14-21(20)24-16-18-9-7-8-17(13-18)15-22/h7-11,13-14,23-24H,4-6,12,16H2,1-3H3. The summed E-state index contributed by atoms with van der Waals surface area (Å²) in [5, 5.41) is 15.7. The van der Waals surface area contributed by atoms with E-state index in [9.17, 15) is 8.42 Å². The lowest BCUT2D eigenvalue weighted by Gasteiger charge is -2.20. The summed E-state index contributed by atoms with van der Waals surface area (Å²) < 4.78 is 27.2. The first-order valence-corrected chi connectivity index (χ1v) is 11.0. The van der Waals surface area contributed by atoms with Gasteiger partial charge in [0, 0.05) is 26.2 Å². The van der Waals surface area contributed by atoms with E-state index in [1.807, 2.05) is 32.0 Å². The van der Waals surface area contributed by atoms with Gasteiger partial charge >= 0.3 is 0 Å². The highest BCUT2D eigenvalue weighted by Gasteiger charge is 2.22. The summed E-state index contributed by atoms with van der Waals surface area (Å²) in [6, 6.07) is 14.6. The Bertz CT molecular complexity index is 932. The number of nitrogens with one attached hydrogen (secondary N) is 2. The van der Waals surface area contributed by atoms with Gasteiger partial charge in [-0.2, -0.15) is 9.57 Å². The zero-order valence-corrected chi connectivity index (χ0v) is 17.5. The van der Waals surface area contributed by atoms with Gasteiger partial charge in [0.25, 0.3) is 0 Å². The van der Waals surface area contributed by atoms with E-state index in [0.717, 1.165) is 29.9 Å². The average Bonchev–Trinajstić information content (AvgIpc) is 2.71. The molecule has 0 amide bonds. The largest absolute Gasteiger partial charge is 0.383 e. The van der Waals surface area contributed by atoms with Crippen molar-refractivity contribution in [1.82, 2.24) is 4.31 Å². The molecule has 2 aromatic carbocycles. The third-order valence-corrected chi connectivity index (χ3v) is 6.48. The predicted octanol–water partition coefficient (Wildman–Crippen LogP) is 4.02. The fourth-order valence-corrected chi connectivity index (χ4v) is 4.39. The van der Waals surface area contributed by atoms with Crippen molar-refractivity contribution in [2.24, 2.45) is 0 Å². The van der Waals surface area contributed by atoms with Gasteiger partial charge in [-0.3, -0.25) is 0 Å². The van der Waals surface area contributed by atoms with Crippen molar-refractivity contribution in [3.8, 4) is 6.07 Å². The van der Waals surface area contributed by atoms with Crippen LogP contribution in [0.5, 0.6) is 0 Å². The van der Waals surface area contributed by atoms with E-state index in [4.69, 9.17) is 5.26 Å². The third-order valence-electron chi connectivity index (χ3n) is 4.44. The molecular weight excluding hydrogens is 372 g/mol. The summed E-state index contributed by atoms with van der Waals surface area (Å²) in [4.78, 5) is 0.270. The van der Waals surface area contributed by atoms with E-state index < -0.39 is 10.0 Å². The fraction of sp³-hybridized carbons (Fsp3) is 0.381. The lowest BCUT2D eigenvalue weighted by Crippen LogP contribution is -2.30. The van der Waals surface area contributed by atoms with Crippen molar-refractivity contribution in [2.45, 2.75) is 38.6 Å². The number of nitrogens with zero attached hydrogens (tertiary/aromatic N) is 2. The molecule has 6 nitrogen and oxygen atoms in total. The maximum absolute atomic E-state index is 12.9. The Hall–Kier alpha value is -2.56. The second-order valence-corrected chi connectivity index (χ2v) is 8.33. The molecule has 0 aliphatic rings. The Labute approximate surface area is 168 Å². The molecule has 0 saturated heterocycles. The van der Waals surface area contributed by atoms with Gasteiger partial charge in [-0.15, -0.1) is 0 Å². The molecule has 0 spiro atoms. The average molecular weight is 401 g/mol. The van der Waals surface area contributed by atoms with Gasteiger partial charge in [0.2, 0.25) is 10.0 Å². The number of sulfonamides is 1. The van der Waals surface area contributed by atoms with Gasteiger partial charge in [0.15, 0.2) is 0 Å². The second-order valence-electron chi connectivity index (χ2n) is 6.39. The molecule has 150 valence electrons. The molecular formula is C21H28N4O2S. The number of nitriles is 1. The number of hydrogen-bond donors (Lipinski definition) is 2. The summed E-state index contributed by atoms with van der Waals surface area (Å²) in [6.45, 7) is 7.88. The number of anilines is 2. The van der Waals surface area contributed by atoms with Gasteiger partial charge in [-0.05, 0) is 42.3 Å². The van der Waals surface area contributed by atoms with Crippen LogP contribution in [0.1, 0.15) is 38.3 Å². The van der Waals surface area contributed by atoms with Crippen LogP contribution in [0.3, 0.4) is 0 Å². The highest BCUT2D eigenvalue weighted by molar-refractivity contribution is 7.89. The molecule has 0 unspecified atom stereocenters. The molecule has 0 aliphatic heterocycles. The van der Waals surface area contributed by atoms with Crippen molar-refractivity contribution in [2.75, 3.05) is 30.3 Å². The van der Waals surface area contributed by atoms with E-state index in [2.05, 4.69) is 23.6 Å². The van der Waals surface area contributed by atoms with Crippen molar-refractivity contribution in [3.63, 3.8) is 0 Å². The lowest BCUT2D eigenvalue weighted by molar-refractivity contribution is 0.445. The topological polar surface area (TPSA) is 85.2 Å². The quantitative estimate of drug-likeness (QED) is 0.629. The van der Waals surface area contributed by atoms with Gasteiger partial charge in [0.05, 0.1) is 27.9 Å². The van der Waals surface area contributed by atoms with E-state index in [-0.39, 0.29) is 4.90 Å². The monoisotopic (exact) mass is 400 g/mol. The summed E-state index contributed by atoms with van der Waals surface area (Å²) in [5.41, 5.74) is 3.14. The van der Waals surface area contributed by atoms with Gasteiger partial charge in [0.1, 0.15) is 0 Å². The fourth-order valence-electron chi connectivity index (χ4n) is 2.90. The van der Waals surface area contributed by atoms with Crippen LogP contribution in [0.2, 0.25) is 0 Å². The van der Waals surface area contributed by atoms with Crippen LogP contribution in [0.25, 0.3) is 0 Å². The molecule has 2 aromatic rings. The van der Waals surface area contributed by atoms with Crippen LogP contribution in [0.15, 0.2) is 47.4 Å². The first-order chi connectivity index (χ1) is 13.5. The van der Waals surface area contributed by atoms with Crippen molar-refractivity contribution in [1.29, 1.82) is 5.26 Å². The molecule has 0 saturated carbocycles. The molecule has 2 N–H and O–H groups in total. The molecule has 7 heteroatoms. The van der Waals surface area contributed by atoms with Crippen LogP contribution in [0.4, 0.5) is 11.4 Å². The minimum atomic E-state index is -3.53. The maximum Gasteiger partial charge on any atom is 0.243 e. The predicted molar refractivity (Wildman–Crippen MR) is 114 cm³/mol. The highest BCUT2D eigenvalue weighted by atomic mass is 32.2. The van der Waals surface area contributed by atoms with E-state index in [0.29, 0.717) is 25.2 Å². The molecule has 0 aromatic heterocycles. The van der Waals surface area contributed by atoms with Gasteiger partial charge in [-0.1, -0.05) is 32.9 Å². The smallest absolute Gasteiger partial charge is 0.243 e. The molecule has 0 bridgehead atoms. The number of benzene rings is 2. The first-order valence-electron chi connectivity index (χ1n) is 9.57. The summed E-state index contributed by atoms with van der Waals surface area (Å²) in [7, 11) is -3.53. The Morgan fingerprint density at radius 1 is 1.00 bits per heavy atom. The summed E-state index contributed by atoms with van der Waals surface area (Å²) in [5.74, 6) is 0. The maximum atomic E-state index is 12.9. The van der Waals surface area contributed by atoms with Crippen LogP contribution >= 0.6 is 0 Å². The third kappa shape index (κ3) is 5.24. The normalized spacial score (nSPS) is 11.2. The van der Waals surface area contributed by atoms with E-state index >= 15 is 0 Å². The molecule has 28 heavy (non-hydrogen) atoms. The van der Waals surface area contributed by atoms with Gasteiger partial charge in [-0.25, -0.2) is 8.42 Å². The van der Waals surface area contributed by atoms with Crippen molar-refractivity contribution < 1.29 is 8.42 Å². The van der Waals surface area contributed by atoms with Gasteiger partial charge < -0.3 is 10.6 Å². The van der Waals surface area contributed by atoms with Crippen LogP contribution in [0, 0.1) is 11.3 Å². The number of rotatable bonds is 10. The van der Waals surface area contributed by atoms with Crippen LogP contribution < -0.4 is 10.6 Å². The second kappa shape index (κ2) is 10.1. The molecule has 0 heterocycles. The minimum Gasteiger partial charge on any atom is -0.383 e. The summed E-state index contributed by atoms with van der Waals surface area (Å²) in [6.07, 6.45) is 0.961. The lowest BCUT2D eigenvalue weighted by atomic mass is 10.1. The van der Waals surface area contributed by atoms with E-state index in [1.165, 1.54) is 4.31 Å². The molecule has 0 aliphatic carbocycles. The first kappa shape index (κ1) is 21.7. The Morgan fingerprint density at radius 3 is 2.39 bits per heavy atom. The zero-order chi connectivity index (χ0) is 20.6. The SMILES string of the molecule is CCCNc1ccc(S(=O)(=O)N(CC)CC)cc1NCc1cccc(C#N)c1. The Balaban J connectivity index is 2.34. The number of hydrogen-bond acceptors (Lipinski definition) is 5.